The van der Waals surface area contributed by atoms with Crippen molar-refractivity contribution in [2.45, 2.75) is 6.92 Å². The molecule has 0 amide bonds. The first-order chi connectivity index (χ1) is 7.77. The average molecular weight is 281 g/mol. The molecule has 0 fully saturated rings. The molecule has 0 bridgehead atoms. The number of halogens is 1. The summed E-state index contributed by atoms with van der Waals surface area (Å²) in [5.41, 5.74) is 1.94. The van der Waals surface area contributed by atoms with Crippen LogP contribution in [0.1, 0.15) is 6.92 Å². The number of methoxy groups -OCH3 is 1. The molecule has 0 aliphatic heterocycles. The second-order valence-corrected chi connectivity index (χ2v) is 4.22. The molecular formula is C12H13BrN2O. The van der Waals surface area contributed by atoms with Gasteiger partial charge in [-0.3, -0.25) is 4.98 Å². The maximum atomic E-state index is 5.30. The SMILES string of the molecule is CCNc1ccnc2c(OC)ccc(Br)c12. The minimum Gasteiger partial charge on any atom is -0.494 e. The summed E-state index contributed by atoms with van der Waals surface area (Å²) >= 11 is 3.55. The molecule has 1 N–H and O–H groups in total. The van der Waals surface area contributed by atoms with Gasteiger partial charge in [0, 0.05) is 28.3 Å². The molecule has 1 heterocycles. The van der Waals surface area contributed by atoms with E-state index in [9.17, 15) is 0 Å². The van der Waals surface area contributed by atoms with Crippen LogP contribution in [0.25, 0.3) is 10.9 Å². The van der Waals surface area contributed by atoms with E-state index in [1.807, 2.05) is 18.2 Å². The molecule has 0 saturated carbocycles. The fourth-order valence-corrected chi connectivity index (χ4v) is 2.24. The second-order valence-electron chi connectivity index (χ2n) is 3.36. The van der Waals surface area contributed by atoms with Crippen LogP contribution in [0.2, 0.25) is 0 Å². The van der Waals surface area contributed by atoms with Gasteiger partial charge in [-0.1, -0.05) is 15.9 Å². The molecule has 84 valence electrons. The quantitative estimate of drug-likeness (QED) is 0.935. The lowest BCUT2D eigenvalue weighted by molar-refractivity contribution is 0.419. The van der Waals surface area contributed by atoms with Crippen molar-refractivity contribution < 1.29 is 4.74 Å². The number of benzene rings is 1. The summed E-state index contributed by atoms with van der Waals surface area (Å²) in [6, 6.07) is 5.86. The lowest BCUT2D eigenvalue weighted by atomic mass is 10.1. The third-order valence-electron chi connectivity index (χ3n) is 2.39. The molecule has 2 aromatic rings. The standard InChI is InChI=1S/C12H13BrN2O/c1-3-14-9-6-7-15-12-10(16-2)5-4-8(13)11(9)12/h4-7H,3H2,1-2H3,(H,14,15). The molecule has 1 aromatic heterocycles. The fraction of sp³-hybridized carbons (Fsp3) is 0.250. The largest absolute Gasteiger partial charge is 0.494 e. The molecule has 0 radical (unpaired) electrons. The zero-order valence-electron chi connectivity index (χ0n) is 9.25. The van der Waals surface area contributed by atoms with E-state index in [1.54, 1.807) is 13.3 Å². The van der Waals surface area contributed by atoms with E-state index in [1.165, 1.54) is 0 Å². The normalized spacial score (nSPS) is 10.4. The van der Waals surface area contributed by atoms with Crippen molar-refractivity contribution in [3.63, 3.8) is 0 Å². The summed E-state index contributed by atoms with van der Waals surface area (Å²) in [4.78, 5) is 4.36. The minimum atomic E-state index is 0.790. The number of nitrogens with zero attached hydrogens (tertiary/aromatic N) is 1. The van der Waals surface area contributed by atoms with Gasteiger partial charge in [0.2, 0.25) is 0 Å². The van der Waals surface area contributed by atoms with Crippen LogP contribution in [-0.2, 0) is 0 Å². The molecular weight excluding hydrogens is 268 g/mol. The van der Waals surface area contributed by atoms with Crippen molar-refractivity contribution in [1.29, 1.82) is 0 Å². The first kappa shape index (κ1) is 11.2. The Kier molecular flexibility index (Phi) is 3.29. The molecule has 3 nitrogen and oxygen atoms in total. The van der Waals surface area contributed by atoms with Crippen molar-refractivity contribution in [3.8, 4) is 5.75 Å². The number of hydrogen-bond donors (Lipinski definition) is 1. The maximum absolute atomic E-state index is 5.30. The second kappa shape index (κ2) is 4.70. The van der Waals surface area contributed by atoms with E-state index in [-0.39, 0.29) is 0 Å². The van der Waals surface area contributed by atoms with Gasteiger partial charge in [0.1, 0.15) is 11.3 Å². The third-order valence-corrected chi connectivity index (χ3v) is 3.05. The highest BCUT2D eigenvalue weighted by Crippen LogP contribution is 2.34. The number of anilines is 1. The predicted molar refractivity (Wildman–Crippen MR) is 70.2 cm³/mol. The molecule has 0 atom stereocenters. The topological polar surface area (TPSA) is 34.2 Å². The third kappa shape index (κ3) is 1.85. The van der Waals surface area contributed by atoms with E-state index in [2.05, 4.69) is 33.2 Å². The highest BCUT2D eigenvalue weighted by molar-refractivity contribution is 9.10. The smallest absolute Gasteiger partial charge is 0.145 e. The number of pyridine rings is 1. The van der Waals surface area contributed by atoms with Crippen LogP contribution in [0, 0.1) is 0 Å². The van der Waals surface area contributed by atoms with E-state index in [0.717, 1.165) is 33.4 Å². The van der Waals surface area contributed by atoms with Gasteiger partial charge in [-0.2, -0.15) is 0 Å². The minimum absolute atomic E-state index is 0.790. The van der Waals surface area contributed by atoms with Crippen LogP contribution in [-0.4, -0.2) is 18.6 Å². The summed E-state index contributed by atoms with van der Waals surface area (Å²) in [6.07, 6.45) is 1.79. The number of hydrogen-bond acceptors (Lipinski definition) is 3. The molecule has 0 saturated heterocycles. The number of fused-ring (bicyclic) bond motifs is 1. The van der Waals surface area contributed by atoms with Crippen LogP contribution in [0.3, 0.4) is 0 Å². The molecule has 4 heteroatoms. The van der Waals surface area contributed by atoms with Crippen molar-refractivity contribution in [1.82, 2.24) is 4.98 Å². The Morgan fingerprint density at radius 2 is 2.19 bits per heavy atom. The monoisotopic (exact) mass is 280 g/mol. The zero-order valence-corrected chi connectivity index (χ0v) is 10.8. The highest BCUT2D eigenvalue weighted by atomic mass is 79.9. The number of ether oxygens (including phenoxy) is 1. The molecule has 0 aliphatic carbocycles. The Morgan fingerprint density at radius 3 is 2.88 bits per heavy atom. The molecule has 0 unspecified atom stereocenters. The van der Waals surface area contributed by atoms with Crippen molar-refractivity contribution in [3.05, 3.63) is 28.9 Å². The van der Waals surface area contributed by atoms with Gasteiger partial charge in [-0.25, -0.2) is 0 Å². The molecule has 0 aliphatic rings. The molecule has 2 rings (SSSR count). The summed E-state index contributed by atoms with van der Waals surface area (Å²) in [7, 11) is 1.66. The first-order valence-electron chi connectivity index (χ1n) is 5.13. The van der Waals surface area contributed by atoms with Crippen molar-refractivity contribution >= 4 is 32.5 Å². The van der Waals surface area contributed by atoms with Gasteiger partial charge in [0.05, 0.1) is 7.11 Å². The van der Waals surface area contributed by atoms with Crippen molar-refractivity contribution in [2.75, 3.05) is 19.0 Å². The van der Waals surface area contributed by atoms with Gasteiger partial charge in [0.25, 0.3) is 0 Å². The number of nitrogens with one attached hydrogen (secondary N) is 1. The molecule has 0 spiro atoms. The van der Waals surface area contributed by atoms with Crippen molar-refractivity contribution in [2.24, 2.45) is 0 Å². The Hall–Kier alpha value is -1.29. The zero-order chi connectivity index (χ0) is 11.5. The average Bonchev–Trinajstić information content (AvgIpc) is 2.30. The van der Waals surface area contributed by atoms with E-state index < -0.39 is 0 Å². The van der Waals surface area contributed by atoms with Gasteiger partial charge in [-0.15, -0.1) is 0 Å². The maximum Gasteiger partial charge on any atom is 0.145 e. The van der Waals surface area contributed by atoms with Gasteiger partial charge >= 0.3 is 0 Å². The van der Waals surface area contributed by atoms with Gasteiger partial charge < -0.3 is 10.1 Å². The number of rotatable bonds is 3. The Labute approximate surface area is 103 Å². The van der Waals surface area contributed by atoms with E-state index in [0.29, 0.717) is 0 Å². The van der Waals surface area contributed by atoms with Gasteiger partial charge in [0.15, 0.2) is 0 Å². The Bertz CT molecular complexity index is 514. The van der Waals surface area contributed by atoms with Crippen LogP contribution in [0.15, 0.2) is 28.9 Å². The molecule has 1 aromatic carbocycles. The summed E-state index contributed by atoms with van der Waals surface area (Å²) < 4.78 is 6.33. The Morgan fingerprint density at radius 1 is 1.38 bits per heavy atom. The number of aromatic nitrogens is 1. The van der Waals surface area contributed by atoms with Crippen LogP contribution >= 0.6 is 15.9 Å². The van der Waals surface area contributed by atoms with E-state index >= 15 is 0 Å². The summed E-state index contributed by atoms with van der Waals surface area (Å²) in [5.74, 6) is 0.790. The van der Waals surface area contributed by atoms with Crippen LogP contribution < -0.4 is 10.1 Å². The van der Waals surface area contributed by atoms with Crippen LogP contribution in [0.4, 0.5) is 5.69 Å². The van der Waals surface area contributed by atoms with E-state index in [4.69, 9.17) is 4.74 Å². The summed E-state index contributed by atoms with van der Waals surface area (Å²) in [6.45, 7) is 2.95. The predicted octanol–water partition coefficient (Wildman–Crippen LogP) is 3.44. The molecule has 16 heavy (non-hydrogen) atoms. The first-order valence-corrected chi connectivity index (χ1v) is 5.92. The highest BCUT2D eigenvalue weighted by Gasteiger charge is 2.09. The lowest BCUT2D eigenvalue weighted by Gasteiger charge is -2.11. The fourth-order valence-electron chi connectivity index (χ4n) is 1.70. The lowest BCUT2D eigenvalue weighted by Crippen LogP contribution is -1.99. The summed E-state index contributed by atoms with van der Waals surface area (Å²) in [5, 5.41) is 4.38. The Balaban J connectivity index is 2.75. The van der Waals surface area contributed by atoms with Crippen LogP contribution in [0.5, 0.6) is 5.75 Å². The van der Waals surface area contributed by atoms with Gasteiger partial charge in [-0.05, 0) is 25.1 Å².